The number of methoxy groups -OCH3 is 1. The normalized spacial score (nSPS) is 13.2. The van der Waals surface area contributed by atoms with Gasteiger partial charge in [-0.25, -0.2) is 8.57 Å². The van der Waals surface area contributed by atoms with Crippen LogP contribution in [-0.2, 0) is 9.73 Å². The molecule has 128 valence electrons. The molecule has 4 heteroatoms. The van der Waals surface area contributed by atoms with Gasteiger partial charge in [0, 0.05) is 11.2 Å². The Kier molecular flexibility index (Phi) is 5.19. The number of nitrogens with zero attached hydrogens (tertiary/aromatic N) is 1. The summed E-state index contributed by atoms with van der Waals surface area (Å²) in [5.74, 6) is 0.738. The third-order valence-electron chi connectivity index (χ3n) is 4.03. The van der Waals surface area contributed by atoms with Crippen LogP contribution in [0.25, 0.3) is 0 Å². The highest BCUT2D eigenvalue weighted by Gasteiger charge is 2.16. The molecule has 0 heterocycles. The van der Waals surface area contributed by atoms with E-state index < -0.39 is 9.73 Å². The first kappa shape index (κ1) is 17.2. The number of hydrogen-bond donors (Lipinski definition) is 0. The summed E-state index contributed by atoms with van der Waals surface area (Å²) in [6, 6.07) is 26.9. The monoisotopic (exact) mass is 351 g/mol. The van der Waals surface area contributed by atoms with Crippen molar-refractivity contribution in [2.75, 3.05) is 13.4 Å². The minimum absolute atomic E-state index is 0.276. The van der Waals surface area contributed by atoms with Gasteiger partial charge >= 0.3 is 0 Å². The fourth-order valence-corrected chi connectivity index (χ4v) is 4.08. The average molecular weight is 351 g/mol. The van der Waals surface area contributed by atoms with E-state index in [4.69, 9.17) is 9.10 Å². The van der Waals surface area contributed by atoms with E-state index in [-0.39, 0.29) is 6.04 Å². The molecule has 25 heavy (non-hydrogen) atoms. The molecule has 0 radical (unpaired) electrons. The molecule has 0 saturated heterocycles. The van der Waals surface area contributed by atoms with E-state index >= 15 is 0 Å². The van der Waals surface area contributed by atoms with Crippen LogP contribution in [0.3, 0.4) is 0 Å². The molecule has 0 amide bonds. The number of rotatable bonds is 5. The summed E-state index contributed by atoms with van der Waals surface area (Å²) in [5.41, 5.74) is 2.05. The Hall–Kier alpha value is -2.59. The molecule has 0 aliphatic heterocycles. The zero-order valence-electron chi connectivity index (χ0n) is 14.3. The van der Waals surface area contributed by atoms with Gasteiger partial charge in [-0.2, -0.15) is 0 Å². The first-order valence-electron chi connectivity index (χ1n) is 8.05. The third-order valence-corrected chi connectivity index (χ3v) is 5.79. The summed E-state index contributed by atoms with van der Waals surface area (Å²) in [5, 5.41) is 0. The van der Waals surface area contributed by atoms with Gasteiger partial charge in [-0.3, -0.25) is 0 Å². The molecule has 3 aromatic rings. The fraction of sp³-hybridized carbons (Fsp3) is 0.143. The van der Waals surface area contributed by atoms with Crippen LogP contribution >= 0.6 is 0 Å². The molecule has 0 fully saturated rings. The van der Waals surface area contributed by atoms with E-state index in [0.29, 0.717) is 4.90 Å². The van der Waals surface area contributed by atoms with Gasteiger partial charge in [-0.05, 0) is 35.4 Å². The van der Waals surface area contributed by atoms with E-state index in [1.807, 2.05) is 84.9 Å². The maximum atomic E-state index is 13.3. The highest BCUT2D eigenvalue weighted by Crippen LogP contribution is 2.29. The minimum atomic E-state index is -2.56. The quantitative estimate of drug-likeness (QED) is 0.653. The molecule has 3 rings (SSSR count). The van der Waals surface area contributed by atoms with Crippen LogP contribution in [0.5, 0.6) is 5.75 Å². The van der Waals surface area contributed by atoms with Crippen LogP contribution in [0.1, 0.15) is 17.2 Å². The van der Waals surface area contributed by atoms with Crippen LogP contribution in [0.4, 0.5) is 0 Å². The number of benzene rings is 3. The van der Waals surface area contributed by atoms with Gasteiger partial charge in [0.25, 0.3) is 0 Å². The van der Waals surface area contributed by atoms with Crippen LogP contribution in [0.15, 0.2) is 94.2 Å². The summed E-state index contributed by atoms with van der Waals surface area (Å²) in [7, 11) is -0.947. The molecular formula is C21H21NO2S. The van der Waals surface area contributed by atoms with Crippen molar-refractivity contribution in [1.82, 2.24) is 0 Å². The van der Waals surface area contributed by atoms with E-state index in [9.17, 15) is 4.21 Å². The molecule has 1 atom stereocenters. The van der Waals surface area contributed by atoms with Gasteiger partial charge < -0.3 is 4.74 Å². The first-order valence-corrected chi connectivity index (χ1v) is 9.98. The van der Waals surface area contributed by atoms with E-state index in [1.54, 1.807) is 13.4 Å². The van der Waals surface area contributed by atoms with Crippen LogP contribution in [-0.4, -0.2) is 17.6 Å². The number of ether oxygens (including phenoxy) is 1. The summed E-state index contributed by atoms with van der Waals surface area (Å²) < 4.78 is 23.3. The molecule has 0 aliphatic carbocycles. The Balaban J connectivity index is 2.09. The van der Waals surface area contributed by atoms with E-state index in [2.05, 4.69) is 0 Å². The molecule has 0 spiro atoms. The van der Waals surface area contributed by atoms with Crippen LogP contribution in [0, 0.1) is 0 Å². The Labute approximate surface area is 149 Å². The number of hydrogen-bond acceptors (Lipinski definition) is 3. The van der Waals surface area contributed by atoms with Crippen LogP contribution in [0.2, 0.25) is 0 Å². The van der Waals surface area contributed by atoms with Crippen molar-refractivity contribution < 1.29 is 8.95 Å². The van der Waals surface area contributed by atoms with Gasteiger partial charge in [0.15, 0.2) is 0 Å². The summed E-state index contributed by atoms with van der Waals surface area (Å²) in [6.07, 6.45) is 1.69. The van der Waals surface area contributed by atoms with Crippen molar-refractivity contribution in [3.05, 3.63) is 96.1 Å². The van der Waals surface area contributed by atoms with Crippen molar-refractivity contribution in [3.8, 4) is 5.75 Å². The lowest BCUT2D eigenvalue weighted by molar-refractivity contribution is 0.414. The lowest BCUT2D eigenvalue weighted by atomic mass is 10.00. The van der Waals surface area contributed by atoms with Crippen molar-refractivity contribution in [2.24, 2.45) is 4.36 Å². The minimum Gasteiger partial charge on any atom is -0.497 e. The van der Waals surface area contributed by atoms with Crippen molar-refractivity contribution in [2.45, 2.75) is 10.9 Å². The third kappa shape index (κ3) is 4.09. The van der Waals surface area contributed by atoms with Gasteiger partial charge in [-0.1, -0.05) is 60.7 Å². The van der Waals surface area contributed by atoms with Gasteiger partial charge in [0.1, 0.15) is 11.8 Å². The second-order valence-electron chi connectivity index (χ2n) is 5.81. The van der Waals surface area contributed by atoms with Gasteiger partial charge in [-0.15, -0.1) is 0 Å². The predicted molar refractivity (Wildman–Crippen MR) is 102 cm³/mol. The summed E-state index contributed by atoms with van der Waals surface area (Å²) in [6.45, 7) is 0. The Morgan fingerprint density at radius 1 is 0.800 bits per heavy atom. The molecule has 1 unspecified atom stereocenters. The van der Waals surface area contributed by atoms with Gasteiger partial charge in [0.05, 0.1) is 16.8 Å². The summed E-state index contributed by atoms with van der Waals surface area (Å²) in [4.78, 5) is 0.699. The lowest BCUT2D eigenvalue weighted by Crippen LogP contribution is -2.05. The van der Waals surface area contributed by atoms with E-state index in [1.165, 1.54) is 0 Å². The second kappa shape index (κ2) is 7.53. The highest BCUT2D eigenvalue weighted by atomic mass is 32.2. The lowest BCUT2D eigenvalue weighted by Gasteiger charge is -2.16. The molecule has 3 aromatic carbocycles. The average Bonchev–Trinajstić information content (AvgIpc) is 2.67. The molecule has 0 saturated carbocycles. The standard InChI is InChI=1S/C21H21NO2S/c1-24-19-13-15-20(16-14-19)25(2,23)22-21(17-9-5-3-6-10-17)18-11-7-4-8-12-18/h3-16,21H,1-2H3. The van der Waals surface area contributed by atoms with Crippen molar-refractivity contribution >= 4 is 9.73 Å². The maximum Gasteiger partial charge on any atom is 0.118 e. The van der Waals surface area contributed by atoms with Crippen molar-refractivity contribution in [1.29, 1.82) is 0 Å². The molecule has 0 aromatic heterocycles. The van der Waals surface area contributed by atoms with Crippen LogP contribution < -0.4 is 4.74 Å². The Morgan fingerprint density at radius 3 is 1.72 bits per heavy atom. The molecule has 0 N–H and O–H groups in total. The Bertz CT molecular complexity index is 889. The smallest absolute Gasteiger partial charge is 0.118 e. The Morgan fingerprint density at radius 2 is 1.28 bits per heavy atom. The predicted octanol–water partition coefficient (Wildman–Crippen LogP) is 4.94. The molecule has 3 nitrogen and oxygen atoms in total. The largest absolute Gasteiger partial charge is 0.497 e. The zero-order chi connectivity index (χ0) is 17.7. The fourth-order valence-electron chi connectivity index (χ4n) is 2.68. The maximum absolute atomic E-state index is 13.3. The van der Waals surface area contributed by atoms with Gasteiger partial charge in [0.2, 0.25) is 0 Å². The highest BCUT2D eigenvalue weighted by molar-refractivity contribution is 7.93. The molecule has 0 aliphatic rings. The zero-order valence-corrected chi connectivity index (χ0v) is 15.1. The second-order valence-corrected chi connectivity index (χ2v) is 8.09. The van der Waals surface area contributed by atoms with Crippen molar-refractivity contribution in [3.63, 3.8) is 0 Å². The first-order chi connectivity index (χ1) is 12.1. The summed E-state index contributed by atoms with van der Waals surface area (Å²) >= 11 is 0. The SMILES string of the molecule is COc1ccc(S(C)(=O)=NC(c2ccccc2)c2ccccc2)cc1. The topological polar surface area (TPSA) is 38.7 Å². The van der Waals surface area contributed by atoms with E-state index in [0.717, 1.165) is 16.9 Å². The molecule has 0 bridgehead atoms. The molecular weight excluding hydrogens is 330 g/mol.